The van der Waals surface area contributed by atoms with Gasteiger partial charge in [-0.2, -0.15) is 0 Å². The minimum absolute atomic E-state index is 0.0873. The Kier molecular flexibility index (Phi) is 7.59. The molecule has 5 heteroatoms. The highest BCUT2D eigenvalue weighted by Crippen LogP contribution is 2.31. The molecule has 1 amide bonds. The second kappa shape index (κ2) is 8.93. The van der Waals surface area contributed by atoms with E-state index in [0.29, 0.717) is 11.7 Å². The van der Waals surface area contributed by atoms with Gasteiger partial charge in [-0.15, -0.1) is 11.8 Å². The summed E-state index contributed by atoms with van der Waals surface area (Å²) in [5.74, 6) is 3.23. The molecular weight excluding hydrogens is 298 g/mol. The van der Waals surface area contributed by atoms with Gasteiger partial charge in [0.2, 0.25) is 5.91 Å². The fraction of sp³-hybridized carbons (Fsp3) is 0.588. The Morgan fingerprint density at radius 2 is 1.77 bits per heavy atom. The Balaban J connectivity index is 2.56. The van der Waals surface area contributed by atoms with E-state index in [2.05, 4.69) is 19.2 Å². The van der Waals surface area contributed by atoms with Crippen molar-refractivity contribution in [2.24, 2.45) is 5.92 Å². The Hall–Kier alpha value is -1.36. The molecule has 0 unspecified atom stereocenters. The molecule has 0 bridgehead atoms. The first-order valence-electron chi connectivity index (χ1n) is 7.47. The first-order chi connectivity index (χ1) is 10.4. The summed E-state index contributed by atoms with van der Waals surface area (Å²) in [6.45, 7) is 8.28. The van der Waals surface area contributed by atoms with Gasteiger partial charge in [-0.05, 0) is 43.0 Å². The Labute approximate surface area is 138 Å². The van der Waals surface area contributed by atoms with Gasteiger partial charge in [0.1, 0.15) is 0 Å². The van der Waals surface area contributed by atoms with Gasteiger partial charge in [0.05, 0.1) is 20.0 Å². The standard InChI is InChI=1S/C17H27NO3S/c1-11(2)13(4)18-17(19)10-22-9-14-8-16(21-6)15(20-5)7-12(14)3/h7-8,11,13H,9-10H2,1-6H3,(H,18,19)/t13-/m1/s1. The van der Waals surface area contributed by atoms with Crippen LogP contribution in [0.3, 0.4) is 0 Å². The number of carbonyl (C=O) groups excluding carboxylic acids is 1. The highest BCUT2D eigenvalue weighted by atomic mass is 32.2. The van der Waals surface area contributed by atoms with Crippen LogP contribution in [-0.4, -0.2) is 31.9 Å². The molecule has 0 radical (unpaired) electrons. The smallest absolute Gasteiger partial charge is 0.230 e. The molecule has 1 aromatic carbocycles. The molecule has 4 nitrogen and oxygen atoms in total. The van der Waals surface area contributed by atoms with Gasteiger partial charge in [-0.25, -0.2) is 0 Å². The molecule has 0 fully saturated rings. The molecule has 0 aromatic heterocycles. The van der Waals surface area contributed by atoms with E-state index in [1.807, 2.05) is 26.0 Å². The first-order valence-corrected chi connectivity index (χ1v) is 8.63. The van der Waals surface area contributed by atoms with Crippen LogP contribution in [-0.2, 0) is 10.5 Å². The van der Waals surface area contributed by atoms with Crippen LogP contribution in [0, 0.1) is 12.8 Å². The number of amides is 1. The third kappa shape index (κ3) is 5.44. The zero-order valence-corrected chi connectivity index (χ0v) is 15.2. The maximum atomic E-state index is 11.9. The van der Waals surface area contributed by atoms with Gasteiger partial charge in [-0.3, -0.25) is 4.79 Å². The summed E-state index contributed by atoms with van der Waals surface area (Å²) in [4.78, 5) is 11.9. The van der Waals surface area contributed by atoms with E-state index >= 15 is 0 Å². The van der Waals surface area contributed by atoms with Crippen molar-refractivity contribution in [1.82, 2.24) is 5.32 Å². The number of ether oxygens (including phenoxy) is 2. The normalized spacial score (nSPS) is 12.1. The predicted molar refractivity (Wildman–Crippen MR) is 92.9 cm³/mol. The molecular formula is C17H27NO3S. The second-order valence-electron chi connectivity index (χ2n) is 5.73. The summed E-state index contributed by atoms with van der Waals surface area (Å²) in [7, 11) is 3.26. The van der Waals surface area contributed by atoms with Gasteiger partial charge in [0.25, 0.3) is 0 Å². The van der Waals surface area contributed by atoms with Crippen molar-refractivity contribution in [3.05, 3.63) is 23.3 Å². The molecule has 0 aliphatic rings. The number of methoxy groups -OCH3 is 2. The van der Waals surface area contributed by atoms with E-state index in [1.165, 1.54) is 0 Å². The van der Waals surface area contributed by atoms with E-state index in [0.717, 1.165) is 28.4 Å². The average Bonchev–Trinajstić information content (AvgIpc) is 2.48. The number of thioether (sulfide) groups is 1. The van der Waals surface area contributed by atoms with Crippen molar-refractivity contribution >= 4 is 17.7 Å². The van der Waals surface area contributed by atoms with Crippen molar-refractivity contribution in [2.45, 2.75) is 39.5 Å². The minimum Gasteiger partial charge on any atom is -0.493 e. The maximum absolute atomic E-state index is 11.9. The molecule has 22 heavy (non-hydrogen) atoms. The number of benzene rings is 1. The third-order valence-electron chi connectivity index (χ3n) is 3.72. The molecule has 0 saturated heterocycles. The number of carbonyl (C=O) groups is 1. The molecule has 0 heterocycles. The van der Waals surface area contributed by atoms with Crippen LogP contribution in [0.1, 0.15) is 31.9 Å². The lowest BCUT2D eigenvalue weighted by Gasteiger charge is -2.17. The van der Waals surface area contributed by atoms with Crippen LogP contribution in [0.25, 0.3) is 0 Å². The highest BCUT2D eigenvalue weighted by molar-refractivity contribution is 7.99. The SMILES string of the molecule is COc1cc(C)c(CSCC(=O)N[C@H](C)C(C)C)cc1OC. The van der Waals surface area contributed by atoms with Gasteiger partial charge >= 0.3 is 0 Å². The quantitative estimate of drug-likeness (QED) is 0.796. The highest BCUT2D eigenvalue weighted by Gasteiger charge is 2.12. The molecule has 1 rings (SSSR count). The van der Waals surface area contributed by atoms with E-state index in [4.69, 9.17) is 9.47 Å². The topological polar surface area (TPSA) is 47.6 Å². The van der Waals surface area contributed by atoms with E-state index in [1.54, 1.807) is 26.0 Å². The van der Waals surface area contributed by atoms with Crippen LogP contribution in [0.4, 0.5) is 0 Å². The zero-order valence-electron chi connectivity index (χ0n) is 14.4. The lowest BCUT2D eigenvalue weighted by Crippen LogP contribution is -2.37. The Morgan fingerprint density at radius 3 is 2.32 bits per heavy atom. The minimum atomic E-state index is 0.0873. The summed E-state index contributed by atoms with van der Waals surface area (Å²) >= 11 is 1.61. The lowest BCUT2D eigenvalue weighted by molar-refractivity contribution is -0.119. The van der Waals surface area contributed by atoms with Gasteiger partial charge in [-0.1, -0.05) is 13.8 Å². The molecule has 1 atom stereocenters. The van der Waals surface area contributed by atoms with Crippen molar-refractivity contribution in [2.75, 3.05) is 20.0 Å². The molecule has 0 spiro atoms. The fourth-order valence-corrected chi connectivity index (χ4v) is 2.80. The molecule has 1 aromatic rings. The van der Waals surface area contributed by atoms with Crippen LogP contribution in [0.2, 0.25) is 0 Å². The number of aryl methyl sites for hydroxylation is 1. The summed E-state index contributed by atoms with van der Waals surface area (Å²) < 4.78 is 10.6. The van der Waals surface area contributed by atoms with Crippen LogP contribution < -0.4 is 14.8 Å². The summed E-state index contributed by atoms with van der Waals surface area (Å²) in [6, 6.07) is 4.15. The van der Waals surface area contributed by atoms with Crippen molar-refractivity contribution < 1.29 is 14.3 Å². The third-order valence-corrected chi connectivity index (χ3v) is 4.70. The largest absolute Gasteiger partial charge is 0.493 e. The maximum Gasteiger partial charge on any atom is 0.230 e. The second-order valence-corrected chi connectivity index (χ2v) is 6.71. The van der Waals surface area contributed by atoms with Crippen molar-refractivity contribution in [3.8, 4) is 11.5 Å². The Bertz CT molecular complexity index is 503. The number of hydrogen-bond acceptors (Lipinski definition) is 4. The van der Waals surface area contributed by atoms with Crippen molar-refractivity contribution in [1.29, 1.82) is 0 Å². The number of nitrogens with one attached hydrogen (secondary N) is 1. The molecule has 0 aliphatic heterocycles. The van der Waals surface area contributed by atoms with Gasteiger partial charge in [0, 0.05) is 11.8 Å². The molecule has 124 valence electrons. The van der Waals surface area contributed by atoms with Crippen LogP contribution in [0.15, 0.2) is 12.1 Å². The van der Waals surface area contributed by atoms with Gasteiger partial charge < -0.3 is 14.8 Å². The van der Waals surface area contributed by atoms with E-state index in [9.17, 15) is 4.79 Å². The monoisotopic (exact) mass is 325 g/mol. The Morgan fingerprint density at radius 1 is 1.18 bits per heavy atom. The number of hydrogen-bond donors (Lipinski definition) is 1. The molecule has 0 saturated carbocycles. The summed E-state index contributed by atoms with van der Waals surface area (Å²) in [5, 5.41) is 3.02. The average molecular weight is 325 g/mol. The lowest BCUT2D eigenvalue weighted by atomic mass is 10.1. The summed E-state index contributed by atoms with van der Waals surface area (Å²) in [5.41, 5.74) is 2.30. The van der Waals surface area contributed by atoms with Crippen molar-refractivity contribution in [3.63, 3.8) is 0 Å². The molecule has 1 N–H and O–H groups in total. The zero-order chi connectivity index (χ0) is 16.7. The predicted octanol–water partition coefficient (Wildman–Crippen LogP) is 3.41. The molecule has 0 aliphatic carbocycles. The van der Waals surface area contributed by atoms with E-state index < -0.39 is 0 Å². The van der Waals surface area contributed by atoms with Crippen LogP contribution in [0.5, 0.6) is 11.5 Å². The van der Waals surface area contributed by atoms with Gasteiger partial charge in [0.15, 0.2) is 11.5 Å². The first kappa shape index (κ1) is 18.7. The fourth-order valence-electron chi connectivity index (χ4n) is 1.89. The van der Waals surface area contributed by atoms with Crippen LogP contribution >= 0.6 is 11.8 Å². The number of rotatable bonds is 8. The van der Waals surface area contributed by atoms with E-state index in [-0.39, 0.29) is 11.9 Å². The summed E-state index contributed by atoms with van der Waals surface area (Å²) in [6.07, 6.45) is 0.